The average molecular weight is 440 g/mol. The van der Waals surface area contributed by atoms with Crippen LogP contribution in [0.1, 0.15) is 12.5 Å². The molecule has 2 N–H and O–H groups in total. The molecule has 0 atom stereocenters. The number of nitrogens with one attached hydrogen (secondary N) is 2. The minimum atomic E-state index is -0.502. The zero-order valence-electron chi connectivity index (χ0n) is 17.5. The van der Waals surface area contributed by atoms with E-state index in [-0.39, 0.29) is 11.7 Å². The molecule has 0 unspecified atom stereocenters. The van der Waals surface area contributed by atoms with Gasteiger partial charge in [0.15, 0.2) is 11.0 Å². The fraction of sp³-hybridized carbons (Fsp3) is 0.273. The molecule has 0 aliphatic carbocycles. The maximum atomic E-state index is 12.1. The van der Waals surface area contributed by atoms with Crippen LogP contribution < -0.4 is 15.4 Å². The van der Waals surface area contributed by atoms with Crippen molar-refractivity contribution in [2.75, 3.05) is 19.4 Å². The number of carbonyl (C=O) groups is 2. The lowest BCUT2D eigenvalue weighted by molar-refractivity contribution is -0.117. The van der Waals surface area contributed by atoms with Gasteiger partial charge in [-0.05, 0) is 43.2 Å². The van der Waals surface area contributed by atoms with E-state index in [2.05, 4.69) is 33.0 Å². The average Bonchev–Trinajstić information content (AvgIpc) is 3.20. The number of methoxy groups -OCH3 is 1. The van der Waals surface area contributed by atoms with Gasteiger partial charge in [-0.1, -0.05) is 42.1 Å². The number of rotatable bonds is 9. The van der Waals surface area contributed by atoms with Gasteiger partial charge in [-0.2, -0.15) is 0 Å². The number of nitrogens with zero attached hydrogens (tertiary/aromatic N) is 3. The van der Waals surface area contributed by atoms with Crippen molar-refractivity contribution in [2.24, 2.45) is 0 Å². The Morgan fingerprint density at radius 1 is 1.06 bits per heavy atom. The van der Waals surface area contributed by atoms with E-state index in [9.17, 15) is 9.59 Å². The Hall–Kier alpha value is -3.33. The molecule has 1 heterocycles. The summed E-state index contributed by atoms with van der Waals surface area (Å²) >= 11 is 1.25. The van der Waals surface area contributed by atoms with Gasteiger partial charge in [-0.15, -0.1) is 10.2 Å². The monoisotopic (exact) mass is 439 g/mol. The standard InChI is InChI=1S/C22H25N5O3S/c1-3-23-21(29)24-19(28)15-31-22-26-25-20(17-9-11-18(30-2)12-10-17)27(22)14-13-16-7-5-4-6-8-16/h4-12H,3,13-15H2,1-2H3,(H2,23,24,28,29). The number of imide groups is 1. The lowest BCUT2D eigenvalue weighted by Gasteiger charge is -2.11. The molecule has 0 radical (unpaired) electrons. The van der Waals surface area contributed by atoms with Crippen LogP contribution in [0, 0.1) is 0 Å². The molecular formula is C22H25N5O3S. The van der Waals surface area contributed by atoms with Crippen LogP contribution in [0.15, 0.2) is 59.8 Å². The summed E-state index contributed by atoms with van der Waals surface area (Å²) in [6.45, 7) is 2.89. The van der Waals surface area contributed by atoms with Gasteiger partial charge in [0.1, 0.15) is 5.75 Å². The van der Waals surface area contributed by atoms with Crippen LogP contribution >= 0.6 is 11.8 Å². The third-order valence-corrected chi connectivity index (χ3v) is 5.42. The lowest BCUT2D eigenvalue weighted by Crippen LogP contribution is -2.40. The third-order valence-electron chi connectivity index (χ3n) is 4.45. The first-order chi connectivity index (χ1) is 15.1. The molecule has 8 nitrogen and oxygen atoms in total. The highest BCUT2D eigenvalue weighted by Crippen LogP contribution is 2.26. The van der Waals surface area contributed by atoms with Crippen LogP contribution in [0.25, 0.3) is 11.4 Å². The van der Waals surface area contributed by atoms with Gasteiger partial charge in [-0.25, -0.2) is 4.79 Å². The van der Waals surface area contributed by atoms with E-state index in [0.717, 1.165) is 17.7 Å². The van der Waals surface area contributed by atoms with E-state index >= 15 is 0 Å². The van der Waals surface area contributed by atoms with E-state index in [0.29, 0.717) is 24.1 Å². The predicted octanol–water partition coefficient (Wildman–Crippen LogP) is 3.13. The second-order valence-electron chi connectivity index (χ2n) is 6.62. The first-order valence-electron chi connectivity index (χ1n) is 9.92. The summed E-state index contributed by atoms with van der Waals surface area (Å²) in [5, 5.41) is 14.1. The smallest absolute Gasteiger partial charge is 0.321 e. The Morgan fingerprint density at radius 3 is 2.48 bits per heavy atom. The van der Waals surface area contributed by atoms with E-state index in [1.54, 1.807) is 14.0 Å². The van der Waals surface area contributed by atoms with Gasteiger partial charge in [0.2, 0.25) is 5.91 Å². The van der Waals surface area contributed by atoms with Crippen LogP contribution in [0.5, 0.6) is 5.75 Å². The minimum Gasteiger partial charge on any atom is -0.497 e. The molecule has 3 amide bonds. The van der Waals surface area contributed by atoms with Crippen LogP contribution in [0.3, 0.4) is 0 Å². The Kier molecular flexibility index (Phi) is 8.05. The number of aromatic nitrogens is 3. The quantitative estimate of drug-likeness (QED) is 0.497. The number of carbonyl (C=O) groups excluding carboxylic acids is 2. The molecular weight excluding hydrogens is 414 g/mol. The van der Waals surface area contributed by atoms with E-state index in [4.69, 9.17) is 4.74 Å². The van der Waals surface area contributed by atoms with Crippen molar-refractivity contribution in [3.05, 3.63) is 60.2 Å². The molecule has 0 fully saturated rings. The van der Waals surface area contributed by atoms with Gasteiger partial charge in [0, 0.05) is 18.7 Å². The van der Waals surface area contributed by atoms with Crippen molar-refractivity contribution in [3.8, 4) is 17.1 Å². The second-order valence-corrected chi connectivity index (χ2v) is 7.56. The molecule has 0 aliphatic rings. The molecule has 0 saturated carbocycles. The van der Waals surface area contributed by atoms with Crippen LogP contribution in [0.2, 0.25) is 0 Å². The molecule has 2 aromatic carbocycles. The molecule has 9 heteroatoms. The maximum absolute atomic E-state index is 12.1. The van der Waals surface area contributed by atoms with Crippen molar-refractivity contribution in [1.29, 1.82) is 0 Å². The van der Waals surface area contributed by atoms with Crippen LogP contribution in [-0.4, -0.2) is 46.1 Å². The van der Waals surface area contributed by atoms with Gasteiger partial charge in [-0.3, -0.25) is 10.1 Å². The second kappa shape index (κ2) is 11.2. The van der Waals surface area contributed by atoms with Crippen molar-refractivity contribution in [2.45, 2.75) is 25.0 Å². The third kappa shape index (κ3) is 6.32. The van der Waals surface area contributed by atoms with Gasteiger partial charge in [0.25, 0.3) is 0 Å². The Labute approximate surface area is 185 Å². The number of benzene rings is 2. The molecule has 0 spiro atoms. The number of aryl methyl sites for hydroxylation is 1. The Morgan fingerprint density at radius 2 is 1.81 bits per heavy atom. The Bertz CT molecular complexity index is 1010. The molecule has 0 bridgehead atoms. The number of hydrogen-bond donors (Lipinski definition) is 2. The summed E-state index contributed by atoms with van der Waals surface area (Å²) in [4.78, 5) is 23.6. The zero-order valence-corrected chi connectivity index (χ0v) is 18.3. The summed E-state index contributed by atoms with van der Waals surface area (Å²) in [5.41, 5.74) is 2.10. The summed E-state index contributed by atoms with van der Waals surface area (Å²) in [6.07, 6.45) is 0.792. The Balaban J connectivity index is 1.78. The van der Waals surface area contributed by atoms with E-state index in [1.165, 1.54) is 17.3 Å². The normalized spacial score (nSPS) is 10.5. The number of hydrogen-bond acceptors (Lipinski definition) is 6. The fourth-order valence-corrected chi connectivity index (χ4v) is 3.70. The van der Waals surface area contributed by atoms with Crippen molar-refractivity contribution in [3.63, 3.8) is 0 Å². The minimum absolute atomic E-state index is 0.0587. The molecule has 0 saturated heterocycles. The molecule has 3 rings (SSSR count). The number of thioether (sulfide) groups is 1. The largest absolute Gasteiger partial charge is 0.497 e. The molecule has 31 heavy (non-hydrogen) atoms. The maximum Gasteiger partial charge on any atom is 0.321 e. The summed E-state index contributed by atoms with van der Waals surface area (Å²) in [5.74, 6) is 1.14. The first-order valence-corrected chi connectivity index (χ1v) is 10.9. The molecule has 3 aromatic rings. The molecule has 1 aromatic heterocycles. The van der Waals surface area contributed by atoms with Crippen molar-refractivity contribution < 1.29 is 14.3 Å². The topological polar surface area (TPSA) is 98.1 Å². The summed E-state index contributed by atoms with van der Waals surface area (Å²) in [6, 6.07) is 17.2. The highest BCUT2D eigenvalue weighted by atomic mass is 32.2. The molecule has 0 aliphatic heterocycles. The van der Waals surface area contributed by atoms with Gasteiger partial charge in [0.05, 0.1) is 12.9 Å². The van der Waals surface area contributed by atoms with Crippen LogP contribution in [0.4, 0.5) is 4.79 Å². The van der Waals surface area contributed by atoms with E-state index in [1.807, 2.05) is 47.0 Å². The lowest BCUT2D eigenvalue weighted by atomic mass is 10.1. The SMILES string of the molecule is CCNC(=O)NC(=O)CSc1nnc(-c2ccc(OC)cc2)n1CCc1ccccc1. The van der Waals surface area contributed by atoms with Crippen molar-refractivity contribution in [1.82, 2.24) is 25.4 Å². The number of urea groups is 1. The van der Waals surface area contributed by atoms with Crippen LogP contribution in [-0.2, 0) is 17.8 Å². The molecule has 162 valence electrons. The highest BCUT2D eigenvalue weighted by Gasteiger charge is 2.16. The predicted molar refractivity (Wildman–Crippen MR) is 120 cm³/mol. The van der Waals surface area contributed by atoms with Gasteiger partial charge >= 0.3 is 6.03 Å². The number of ether oxygens (including phenoxy) is 1. The van der Waals surface area contributed by atoms with Gasteiger partial charge < -0.3 is 14.6 Å². The van der Waals surface area contributed by atoms with Crippen molar-refractivity contribution >= 4 is 23.7 Å². The highest BCUT2D eigenvalue weighted by molar-refractivity contribution is 7.99. The van der Waals surface area contributed by atoms with E-state index < -0.39 is 6.03 Å². The number of amides is 3. The first kappa shape index (κ1) is 22.4. The fourth-order valence-electron chi connectivity index (χ4n) is 2.93. The summed E-state index contributed by atoms with van der Waals surface area (Å²) in [7, 11) is 1.62. The zero-order chi connectivity index (χ0) is 22.1. The summed E-state index contributed by atoms with van der Waals surface area (Å²) < 4.78 is 7.23.